The molecule has 0 atom stereocenters. The predicted molar refractivity (Wildman–Crippen MR) is 64.9 cm³/mol. The van der Waals surface area contributed by atoms with Gasteiger partial charge in [-0.15, -0.1) is 0 Å². The molecule has 0 bridgehead atoms. The zero-order valence-corrected chi connectivity index (χ0v) is 10.3. The summed E-state index contributed by atoms with van der Waals surface area (Å²) in [6, 6.07) is 0. The molecule has 0 heterocycles. The van der Waals surface area contributed by atoms with Crippen LogP contribution in [0.25, 0.3) is 0 Å². The highest BCUT2D eigenvalue weighted by Crippen LogP contribution is 2.06. The minimum atomic E-state index is 0.467. The largest absolute Gasteiger partial charge is 0.502 e. The van der Waals surface area contributed by atoms with Gasteiger partial charge >= 0.3 is 0 Å². The number of hydrogen-bond acceptors (Lipinski definition) is 2. The molecule has 0 aliphatic heterocycles. The second-order valence-corrected chi connectivity index (χ2v) is 3.76. The van der Waals surface area contributed by atoms with Crippen molar-refractivity contribution in [2.24, 2.45) is 0 Å². The van der Waals surface area contributed by atoms with Crippen molar-refractivity contribution < 1.29 is 9.47 Å². The van der Waals surface area contributed by atoms with Gasteiger partial charge in [0.05, 0.1) is 19.0 Å². The van der Waals surface area contributed by atoms with Crippen molar-refractivity contribution >= 4 is 0 Å². The molecule has 2 heteroatoms. The molecule has 2 nitrogen and oxygen atoms in total. The second kappa shape index (κ2) is 11.6. The molecule has 0 spiro atoms. The molecule has 0 radical (unpaired) electrons. The van der Waals surface area contributed by atoms with Gasteiger partial charge in [0.15, 0.2) is 0 Å². The van der Waals surface area contributed by atoms with Crippen molar-refractivity contribution in [1.82, 2.24) is 0 Å². The highest BCUT2D eigenvalue weighted by Gasteiger charge is 2.01. The first kappa shape index (κ1) is 14.5. The minimum Gasteiger partial charge on any atom is -0.502 e. The lowest BCUT2D eigenvalue weighted by molar-refractivity contribution is 0.0455. The van der Waals surface area contributed by atoms with E-state index >= 15 is 0 Å². The molecule has 0 N–H and O–H groups in total. The monoisotopic (exact) mass is 214 g/mol. The van der Waals surface area contributed by atoms with E-state index in [1.807, 2.05) is 0 Å². The molecule has 0 aromatic carbocycles. The summed E-state index contributed by atoms with van der Waals surface area (Å²) >= 11 is 0. The van der Waals surface area contributed by atoms with Gasteiger partial charge in [-0.1, -0.05) is 26.8 Å². The Balaban J connectivity index is 3.07. The van der Waals surface area contributed by atoms with Gasteiger partial charge in [0.25, 0.3) is 0 Å². The van der Waals surface area contributed by atoms with Crippen LogP contribution in [0.15, 0.2) is 12.8 Å². The summed E-state index contributed by atoms with van der Waals surface area (Å²) in [5.41, 5.74) is 0. The number of hydrogen-bond donors (Lipinski definition) is 0. The summed E-state index contributed by atoms with van der Waals surface area (Å²) in [4.78, 5) is 0. The maximum Gasteiger partial charge on any atom is 0.0873 e. The Morgan fingerprint density at radius 1 is 1.00 bits per heavy atom. The van der Waals surface area contributed by atoms with Crippen molar-refractivity contribution in [3.63, 3.8) is 0 Å². The van der Waals surface area contributed by atoms with E-state index in [2.05, 4.69) is 20.4 Å². The van der Waals surface area contributed by atoms with Crippen molar-refractivity contribution in [1.29, 1.82) is 0 Å². The van der Waals surface area contributed by atoms with E-state index in [9.17, 15) is 0 Å². The summed E-state index contributed by atoms with van der Waals surface area (Å²) in [5.74, 6) is 0. The van der Waals surface area contributed by atoms with E-state index in [4.69, 9.17) is 9.47 Å². The highest BCUT2D eigenvalue weighted by atomic mass is 16.5. The van der Waals surface area contributed by atoms with Crippen LogP contribution >= 0.6 is 0 Å². The normalized spacial score (nSPS) is 10.6. The standard InChI is InChI=1S/C13H26O2/c1-4-13(5-2)15-12-10-8-7-9-11-14-6-3/h6,13H,3-5,7-12H2,1-2H3. The lowest BCUT2D eigenvalue weighted by atomic mass is 10.2. The van der Waals surface area contributed by atoms with Gasteiger partial charge < -0.3 is 9.47 Å². The molecule has 0 fully saturated rings. The number of rotatable bonds is 11. The topological polar surface area (TPSA) is 18.5 Å². The Bertz CT molecular complexity index is 130. The summed E-state index contributed by atoms with van der Waals surface area (Å²) in [5, 5.41) is 0. The van der Waals surface area contributed by atoms with Crippen LogP contribution in [0.3, 0.4) is 0 Å². The van der Waals surface area contributed by atoms with E-state index in [1.54, 1.807) is 0 Å². The third-order valence-electron chi connectivity index (χ3n) is 2.54. The van der Waals surface area contributed by atoms with Crippen LogP contribution in [0, 0.1) is 0 Å². The maximum atomic E-state index is 5.72. The Morgan fingerprint density at radius 3 is 2.13 bits per heavy atom. The van der Waals surface area contributed by atoms with Gasteiger partial charge in [-0.3, -0.25) is 0 Å². The molecule has 0 saturated carbocycles. The highest BCUT2D eigenvalue weighted by molar-refractivity contribution is 4.52. The number of ether oxygens (including phenoxy) is 2. The lowest BCUT2D eigenvalue weighted by Crippen LogP contribution is -2.10. The van der Waals surface area contributed by atoms with Crippen LogP contribution < -0.4 is 0 Å². The average Bonchev–Trinajstić information content (AvgIpc) is 2.27. The Morgan fingerprint density at radius 2 is 1.60 bits per heavy atom. The second-order valence-electron chi connectivity index (χ2n) is 3.76. The average molecular weight is 214 g/mol. The fraction of sp³-hybridized carbons (Fsp3) is 0.846. The fourth-order valence-electron chi connectivity index (χ4n) is 1.50. The molecule has 0 saturated heterocycles. The molecule has 0 aliphatic carbocycles. The summed E-state index contributed by atoms with van der Waals surface area (Å²) in [6.45, 7) is 9.58. The molecular weight excluding hydrogens is 188 g/mol. The molecule has 0 unspecified atom stereocenters. The van der Waals surface area contributed by atoms with Crippen LogP contribution in [0.2, 0.25) is 0 Å². The number of unbranched alkanes of at least 4 members (excludes halogenated alkanes) is 3. The fourth-order valence-corrected chi connectivity index (χ4v) is 1.50. The SMILES string of the molecule is C=COCCCCCCOC(CC)CC. The predicted octanol–water partition coefficient (Wildman–Crippen LogP) is 3.91. The molecule has 0 aromatic heterocycles. The first-order valence-electron chi connectivity index (χ1n) is 6.19. The Hall–Kier alpha value is -0.500. The molecule has 90 valence electrons. The zero-order valence-electron chi connectivity index (χ0n) is 10.3. The van der Waals surface area contributed by atoms with E-state index in [0.717, 1.165) is 32.5 Å². The van der Waals surface area contributed by atoms with Gasteiger partial charge in [0.1, 0.15) is 0 Å². The van der Waals surface area contributed by atoms with Gasteiger partial charge in [0, 0.05) is 6.61 Å². The third-order valence-corrected chi connectivity index (χ3v) is 2.54. The molecule has 0 aliphatic rings. The summed E-state index contributed by atoms with van der Waals surface area (Å²) < 4.78 is 10.8. The van der Waals surface area contributed by atoms with E-state index < -0.39 is 0 Å². The van der Waals surface area contributed by atoms with Crippen LogP contribution in [-0.4, -0.2) is 19.3 Å². The molecule has 0 rings (SSSR count). The molecule has 0 amide bonds. The quantitative estimate of drug-likeness (QED) is 0.383. The smallest absolute Gasteiger partial charge is 0.0873 e. The van der Waals surface area contributed by atoms with Crippen molar-refractivity contribution in [2.75, 3.05) is 13.2 Å². The molecule has 15 heavy (non-hydrogen) atoms. The van der Waals surface area contributed by atoms with Gasteiger partial charge in [0.2, 0.25) is 0 Å². The van der Waals surface area contributed by atoms with Gasteiger partial charge in [-0.2, -0.15) is 0 Å². The van der Waals surface area contributed by atoms with Crippen molar-refractivity contribution in [2.45, 2.75) is 58.5 Å². The zero-order chi connectivity index (χ0) is 11.4. The molecular formula is C13H26O2. The Kier molecular flexibility index (Phi) is 11.2. The summed E-state index contributed by atoms with van der Waals surface area (Å²) in [6.07, 6.45) is 8.99. The van der Waals surface area contributed by atoms with Crippen LogP contribution in [-0.2, 0) is 9.47 Å². The van der Waals surface area contributed by atoms with Crippen LogP contribution in [0.1, 0.15) is 52.4 Å². The first-order valence-corrected chi connectivity index (χ1v) is 6.19. The lowest BCUT2D eigenvalue weighted by Gasteiger charge is -2.13. The van der Waals surface area contributed by atoms with Crippen molar-refractivity contribution in [3.05, 3.63) is 12.8 Å². The van der Waals surface area contributed by atoms with Gasteiger partial charge in [-0.05, 0) is 32.1 Å². The van der Waals surface area contributed by atoms with Crippen LogP contribution in [0.4, 0.5) is 0 Å². The van der Waals surface area contributed by atoms with E-state index in [-0.39, 0.29) is 0 Å². The van der Waals surface area contributed by atoms with E-state index in [1.165, 1.54) is 25.5 Å². The summed E-state index contributed by atoms with van der Waals surface area (Å²) in [7, 11) is 0. The minimum absolute atomic E-state index is 0.467. The molecule has 0 aromatic rings. The van der Waals surface area contributed by atoms with Gasteiger partial charge in [-0.25, -0.2) is 0 Å². The maximum absolute atomic E-state index is 5.72. The van der Waals surface area contributed by atoms with Crippen LogP contribution in [0.5, 0.6) is 0 Å². The van der Waals surface area contributed by atoms with E-state index in [0.29, 0.717) is 6.10 Å². The Labute approximate surface area is 94.7 Å². The first-order chi connectivity index (χ1) is 7.35. The third kappa shape index (κ3) is 9.80. The van der Waals surface area contributed by atoms with Crippen molar-refractivity contribution in [3.8, 4) is 0 Å².